The molecule has 5 rings (SSSR count). The molecule has 190 valence electrons. The Morgan fingerprint density at radius 1 is 0.778 bits per heavy atom. The standard InChI is InChI=1S/C29H32O6S/c1-2-36(30)29-27(32-19-22-14-8-4-9-15-22)26(31-18-21-12-6-3-7-13-21)25-24(34-29)20-33-28(35-25)23-16-10-5-11-17-23/h3-17,24-29H,2,18-20H2,1H3/t24?,25-,26?,27?,28?,29-,36?/m0/s1. The van der Waals surface area contributed by atoms with Gasteiger partial charge in [-0.15, -0.1) is 0 Å². The summed E-state index contributed by atoms with van der Waals surface area (Å²) in [7, 11) is -1.27. The molecule has 3 aromatic rings. The molecule has 0 aromatic heterocycles. The monoisotopic (exact) mass is 508 g/mol. The van der Waals surface area contributed by atoms with Crippen LogP contribution >= 0.6 is 0 Å². The van der Waals surface area contributed by atoms with E-state index < -0.39 is 46.9 Å². The molecular formula is C29H32O6S. The maximum atomic E-state index is 13.1. The zero-order valence-corrected chi connectivity index (χ0v) is 21.1. The summed E-state index contributed by atoms with van der Waals surface area (Å²) in [4.78, 5) is 0. The fourth-order valence-corrected chi connectivity index (χ4v) is 5.73. The van der Waals surface area contributed by atoms with Crippen molar-refractivity contribution in [2.45, 2.75) is 56.3 Å². The molecule has 5 unspecified atom stereocenters. The van der Waals surface area contributed by atoms with Gasteiger partial charge in [-0.2, -0.15) is 0 Å². The molecule has 0 N–H and O–H groups in total. The molecule has 2 saturated heterocycles. The van der Waals surface area contributed by atoms with Crippen LogP contribution in [0.3, 0.4) is 0 Å². The van der Waals surface area contributed by atoms with Gasteiger partial charge in [0.05, 0.1) is 30.6 Å². The van der Waals surface area contributed by atoms with Crippen LogP contribution in [0.1, 0.15) is 29.9 Å². The molecule has 0 aliphatic carbocycles. The van der Waals surface area contributed by atoms with E-state index in [-0.39, 0.29) is 0 Å². The number of hydrogen-bond acceptors (Lipinski definition) is 6. The summed E-state index contributed by atoms with van der Waals surface area (Å²) >= 11 is 0. The molecule has 2 aliphatic rings. The molecule has 0 amide bonds. The van der Waals surface area contributed by atoms with Crippen LogP contribution in [0, 0.1) is 0 Å². The van der Waals surface area contributed by atoms with E-state index in [4.69, 9.17) is 23.7 Å². The summed E-state index contributed by atoms with van der Waals surface area (Å²) in [6.07, 6.45) is -2.48. The second kappa shape index (κ2) is 12.2. The minimum atomic E-state index is -1.27. The molecule has 0 spiro atoms. The van der Waals surface area contributed by atoms with Gasteiger partial charge in [0, 0.05) is 11.3 Å². The van der Waals surface area contributed by atoms with Gasteiger partial charge in [-0.3, -0.25) is 4.21 Å². The SMILES string of the molecule is CCS(=O)[C@@H]1OC2COC(c3ccccc3)O[C@@H]2C(OCc2ccccc2)C1OCc1ccccc1. The van der Waals surface area contributed by atoms with Crippen LogP contribution in [0.5, 0.6) is 0 Å². The molecule has 2 aliphatic heterocycles. The van der Waals surface area contributed by atoms with E-state index in [0.29, 0.717) is 25.6 Å². The Morgan fingerprint density at radius 3 is 1.92 bits per heavy atom. The van der Waals surface area contributed by atoms with Gasteiger partial charge in [0.2, 0.25) is 0 Å². The summed E-state index contributed by atoms with van der Waals surface area (Å²) in [5, 5.41) is 0. The molecule has 36 heavy (non-hydrogen) atoms. The predicted molar refractivity (Wildman–Crippen MR) is 137 cm³/mol. The molecule has 2 heterocycles. The molecule has 6 nitrogen and oxygen atoms in total. The normalized spacial score (nSPS) is 28.8. The van der Waals surface area contributed by atoms with E-state index in [2.05, 4.69) is 0 Å². The van der Waals surface area contributed by atoms with Gasteiger partial charge in [0.15, 0.2) is 11.7 Å². The van der Waals surface area contributed by atoms with E-state index in [0.717, 1.165) is 16.7 Å². The lowest BCUT2D eigenvalue weighted by atomic mass is 9.98. The number of fused-ring (bicyclic) bond motifs is 1. The highest BCUT2D eigenvalue weighted by molar-refractivity contribution is 7.85. The Bertz CT molecular complexity index is 1100. The number of hydrogen-bond donors (Lipinski definition) is 0. The third-order valence-corrected chi connectivity index (χ3v) is 7.94. The first-order valence-corrected chi connectivity index (χ1v) is 13.8. The van der Waals surface area contributed by atoms with E-state index in [9.17, 15) is 4.21 Å². The van der Waals surface area contributed by atoms with Crippen molar-refractivity contribution in [2.75, 3.05) is 12.4 Å². The van der Waals surface area contributed by atoms with Crippen LogP contribution in [-0.2, 0) is 47.7 Å². The van der Waals surface area contributed by atoms with Crippen LogP contribution in [0.25, 0.3) is 0 Å². The Balaban J connectivity index is 1.43. The molecule has 0 saturated carbocycles. The second-order valence-corrected chi connectivity index (χ2v) is 10.7. The maximum Gasteiger partial charge on any atom is 0.184 e. The average molecular weight is 509 g/mol. The maximum absolute atomic E-state index is 13.1. The first-order valence-electron chi connectivity index (χ1n) is 12.4. The molecule has 7 atom stereocenters. The highest BCUT2D eigenvalue weighted by Crippen LogP contribution is 2.37. The summed E-state index contributed by atoms with van der Waals surface area (Å²) in [6, 6.07) is 29.8. The third kappa shape index (κ3) is 5.94. The summed E-state index contributed by atoms with van der Waals surface area (Å²) in [6.45, 7) is 2.94. The first-order chi connectivity index (χ1) is 17.7. The molecular weight excluding hydrogens is 476 g/mol. The molecule has 2 fully saturated rings. The number of ether oxygens (including phenoxy) is 5. The van der Waals surface area contributed by atoms with Crippen molar-refractivity contribution in [1.29, 1.82) is 0 Å². The Kier molecular flexibility index (Phi) is 8.59. The third-order valence-electron chi connectivity index (χ3n) is 6.47. The Morgan fingerprint density at radius 2 is 1.33 bits per heavy atom. The fraction of sp³-hybridized carbons (Fsp3) is 0.379. The van der Waals surface area contributed by atoms with Crippen molar-refractivity contribution in [3.63, 3.8) is 0 Å². The number of rotatable bonds is 9. The van der Waals surface area contributed by atoms with Crippen LogP contribution in [0.15, 0.2) is 91.0 Å². The second-order valence-electron chi connectivity index (χ2n) is 8.91. The lowest BCUT2D eigenvalue weighted by Gasteiger charge is -2.49. The van der Waals surface area contributed by atoms with Gasteiger partial charge in [-0.25, -0.2) is 0 Å². The van der Waals surface area contributed by atoms with Crippen LogP contribution in [-0.4, -0.2) is 46.4 Å². The lowest BCUT2D eigenvalue weighted by molar-refractivity contribution is -0.330. The molecule has 0 bridgehead atoms. The molecule has 3 aromatic carbocycles. The van der Waals surface area contributed by atoms with Crippen molar-refractivity contribution in [3.8, 4) is 0 Å². The average Bonchev–Trinajstić information content (AvgIpc) is 2.95. The molecule has 0 radical (unpaired) electrons. The lowest BCUT2D eigenvalue weighted by Crippen LogP contribution is -2.64. The van der Waals surface area contributed by atoms with Crippen molar-refractivity contribution >= 4 is 10.8 Å². The van der Waals surface area contributed by atoms with Gasteiger partial charge < -0.3 is 23.7 Å². The smallest absolute Gasteiger partial charge is 0.184 e. The summed E-state index contributed by atoms with van der Waals surface area (Å²) < 4.78 is 45.0. The topological polar surface area (TPSA) is 63.2 Å². The van der Waals surface area contributed by atoms with Crippen molar-refractivity contribution in [3.05, 3.63) is 108 Å². The van der Waals surface area contributed by atoms with Gasteiger partial charge in [0.25, 0.3) is 0 Å². The van der Waals surface area contributed by atoms with Crippen molar-refractivity contribution < 1.29 is 27.9 Å². The van der Waals surface area contributed by atoms with Crippen LogP contribution < -0.4 is 0 Å². The van der Waals surface area contributed by atoms with E-state index in [1.54, 1.807) is 0 Å². The van der Waals surface area contributed by atoms with Crippen molar-refractivity contribution in [1.82, 2.24) is 0 Å². The van der Waals surface area contributed by atoms with Gasteiger partial charge in [0.1, 0.15) is 24.4 Å². The quantitative estimate of drug-likeness (QED) is 0.415. The van der Waals surface area contributed by atoms with Gasteiger partial charge >= 0.3 is 0 Å². The Hall–Kier alpha value is -2.39. The van der Waals surface area contributed by atoms with E-state index in [1.165, 1.54) is 0 Å². The fourth-order valence-electron chi connectivity index (χ4n) is 4.60. The summed E-state index contributed by atoms with van der Waals surface area (Å²) in [5.74, 6) is 0.451. The van der Waals surface area contributed by atoms with Crippen molar-refractivity contribution in [2.24, 2.45) is 0 Å². The highest BCUT2D eigenvalue weighted by Gasteiger charge is 2.52. The zero-order valence-electron chi connectivity index (χ0n) is 20.3. The molecule has 7 heteroatoms. The minimum Gasteiger partial charge on any atom is -0.368 e. The van der Waals surface area contributed by atoms with Gasteiger partial charge in [-0.1, -0.05) is 97.9 Å². The number of benzene rings is 3. The van der Waals surface area contributed by atoms with E-state index in [1.807, 2.05) is 97.9 Å². The Labute approximate surface area is 214 Å². The predicted octanol–water partition coefficient (Wildman–Crippen LogP) is 4.76. The van der Waals surface area contributed by atoms with Crippen LogP contribution in [0.2, 0.25) is 0 Å². The van der Waals surface area contributed by atoms with Crippen LogP contribution in [0.4, 0.5) is 0 Å². The zero-order chi connectivity index (χ0) is 24.7. The van der Waals surface area contributed by atoms with E-state index >= 15 is 0 Å². The minimum absolute atomic E-state index is 0.318. The highest BCUT2D eigenvalue weighted by atomic mass is 32.2. The summed E-state index contributed by atoms with van der Waals surface area (Å²) in [5.41, 5.74) is 2.35. The first kappa shape index (κ1) is 25.3. The van der Waals surface area contributed by atoms with Gasteiger partial charge in [-0.05, 0) is 11.1 Å². The largest absolute Gasteiger partial charge is 0.368 e.